The van der Waals surface area contributed by atoms with Crippen LogP contribution in [0.25, 0.3) is 11.3 Å². The molecule has 94 valence electrons. The minimum absolute atomic E-state index is 0.640. The highest BCUT2D eigenvalue weighted by molar-refractivity contribution is 7.12. The molecule has 2 aliphatic rings. The third kappa shape index (κ3) is 1.71. The van der Waals surface area contributed by atoms with Crippen molar-refractivity contribution < 1.29 is 4.42 Å². The molecule has 4 rings (SSSR count). The fourth-order valence-corrected chi connectivity index (χ4v) is 4.14. The molecule has 1 aliphatic heterocycles. The molecule has 0 radical (unpaired) electrons. The molecule has 2 aromatic rings. The maximum atomic E-state index is 5.51. The standard InChI is InChI=1S/C14H16N2OS/c1-2-9(15-6-1)8-13-16-14-10-5-7-17-11(10)3-4-12(14)18-13/h5,7,9,15H,1-4,6,8H2. The summed E-state index contributed by atoms with van der Waals surface area (Å²) >= 11 is 1.90. The van der Waals surface area contributed by atoms with Crippen LogP contribution in [0.3, 0.4) is 0 Å². The minimum Gasteiger partial charge on any atom is -0.469 e. The third-order valence-electron chi connectivity index (χ3n) is 3.90. The van der Waals surface area contributed by atoms with Crippen molar-refractivity contribution in [1.29, 1.82) is 0 Å². The number of hydrogen-bond donors (Lipinski definition) is 1. The van der Waals surface area contributed by atoms with Gasteiger partial charge in [0.25, 0.3) is 0 Å². The molecule has 4 heteroatoms. The molecule has 0 spiro atoms. The van der Waals surface area contributed by atoms with E-state index >= 15 is 0 Å². The summed E-state index contributed by atoms with van der Waals surface area (Å²) in [6, 6.07) is 2.70. The van der Waals surface area contributed by atoms with Crippen molar-refractivity contribution in [1.82, 2.24) is 10.3 Å². The molecule has 1 N–H and O–H groups in total. The summed E-state index contributed by atoms with van der Waals surface area (Å²) in [4.78, 5) is 6.29. The smallest absolute Gasteiger partial charge is 0.113 e. The molecule has 1 atom stereocenters. The van der Waals surface area contributed by atoms with E-state index in [9.17, 15) is 0 Å². The van der Waals surface area contributed by atoms with Crippen molar-refractivity contribution in [2.45, 2.75) is 38.1 Å². The zero-order chi connectivity index (χ0) is 11.9. The van der Waals surface area contributed by atoms with Gasteiger partial charge in [-0.2, -0.15) is 0 Å². The Bertz CT molecular complexity index is 566. The predicted molar refractivity (Wildman–Crippen MR) is 72.0 cm³/mol. The summed E-state index contributed by atoms with van der Waals surface area (Å²) in [5.41, 5.74) is 2.40. The monoisotopic (exact) mass is 260 g/mol. The fourth-order valence-electron chi connectivity index (χ4n) is 2.98. The molecule has 1 aliphatic carbocycles. The number of furan rings is 1. The van der Waals surface area contributed by atoms with E-state index in [1.165, 1.54) is 40.5 Å². The Labute approximate surface area is 110 Å². The van der Waals surface area contributed by atoms with Crippen molar-refractivity contribution in [2.24, 2.45) is 0 Å². The maximum Gasteiger partial charge on any atom is 0.113 e. The third-order valence-corrected chi connectivity index (χ3v) is 5.04. The second kappa shape index (κ2) is 4.21. The first kappa shape index (κ1) is 10.8. The summed E-state index contributed by atoms with van der Waals surface area (Å²) in [6.45, 7) is 1.17. The van der Waals surface area contributed by atoms with E-state index in [1.807, 2.05) is 11.3 Å². The molecular weight excluding hydrogens is 244 g/mol. The molecule has 1 unspecified atom stereocenters. The van der Waals surface area contributed by atoms with Crippen LogP contribution >= 0.6 is 11.3 Å². The van der Waals surface area contributed by atoms with Crippen molar-refractivity contribution in [3.05, 3.63) is 28.0 Å². The lowest BCUT2D eigenvalue weighted by molar-refractivity contribution is 0.508. The van der Waals surface area contributed by atoms with Gasteiger partial charge in [-0.3, -0.25) is 0 Å². The van der Waals surface area contributed by atoms with Gasteiger partial charge in [0.2, 0.25) is 0 Å². The summed E-state index contributed by atoms with van der Waals surface area (Å²) in [5, 5.41) is 4.83. The van der Waals surface area contributed by atoms with Crippen molar-refractivity contribution in [2.75, 3.05) is 6.54 Å². The van der Waals surface area contributed by atoms with Crippen LogP contribution in [-0.4, -0.2) is 17.6 Å². The number of hydrogen-bond acceptors (Lipinski definition) is 4. The van der Waals surface area contributed by atoms with E-state index in [4.69, 9.17) is 9.40 Å². The lowest BCUT2D eigenvalue weighted by Crippen LogP contribution is -2.23. The van der Waals surface area contributed by atoms with E-state index in [-0.39, 0.29) is 0 Å². The van der Waals surface area contributed by atoms with E-state index in [2.05, 4.69) is 11.4 Å². The number of aromatic nitrogens is 1. The Balaban J connectivity index is 1.65. The molecule has 3 heterocycles. The van der Waals surface area contributed by atoms with Gasteiger partial charge in [0.05, 0.1) is 17.0 Å². The van der Waals surface area contributed by atoms with Gasteiger partial charge in [-0.25, -0.2) is 4.98 Å². The molecule has 0 amide bonds. The topological polar surface area (TPSA) is 38.1 Å². The van der Waals surface area contributed by atoms with E-state index < -0.39 is 0 Å². The Hall–Kier alpha value is -1.13. The van der Waals surface area contributed by atoms with Gasteiger partial charge in [0.1, 0.15) is 5.76 Å². The van der Waals surface area contributed by atoms with Crippen LogP contribution in [0.15, 0.2) is 16.7 Å². The highest BCUT2D eigenvalue weighted by atomic mass is 32.1. The normalized spacial score (nSPS) is 21.9. The Morgan fingerprint density at radius 2 is 2.44 bits per heavy atom. The van der Waals surface area contributed by atoms with Crippen molar-refractivity contribution in [3.8, 4) is 11.3 Å². The van der Waals surface area contributed by atoms with E-state index in [1.54, 1.807) is 6.26 Å². The van der Waals surface area contributed by atoms with Gasteiger partial charge in [-0.15, -0.1) is 11.3 Å². The number of fused-ring (bicyclic) bond motifs is 3. The van der Waals surface area contributed by atoms with Crippen LogP contribution in [0.5, 0.6) is 0 Å². The molecule has 0 aromatic carbocycles. The molecule has 2 aromatic heterocycles. The average molecular weight is 260 g/mol. The van der Waals surface area contributed by atoms with Gasteiger partial charge in [0, 0.05) is 29.3 Å². The fraction of sp³-hybridized carbons (Fsp3) is 0.500. The lowest BCUT2D eigenvalue weighted by atomic mass is 10.0. The van der Waals surface area contributed by atoms with Gasteiger partial charge < -0.3 is 9.73 Å². The Morgan fingerprint density at radius 3 is 3.33 bits per heavy atom. The van der Waals surface area contributed by atoms with Crippen LogP contribution in [0.4, 0.5) is 0 Å². The zero-order valence-electron chi connectivity index (χ0n) is 10.2. The Kier molecular flexibility index (Phi) is 2.52. The minimum atomic E-state index is 0.640. The number of thiazole rings is 1. The second-order valence-electron chi connectivity index (χ2n) is 5.13. The van der Waals surface area contributed by atoms with Crippen LogP contribution in [0, 0.1) is 0 Å². The second-order valence-corrected chi connectivity index (χ2v) is 6.30. The van der Waals surface area contributed by atoms with E-state index in [0.29, 0.717) is 6.04 Å². The number of nitrogens with zero attached hydrogens (tertiary/aromatic N) is 1. The quantitative estimate of drug-likeness (QED) is 0.902. The number of rotatable bonds is 2. The average Bonchev–Trinajstić information content (AvgIpc) is 3.06. The van der Waals surface area contributed by atoms with Gasteiger partial charge in [0.15, 0.2) is 0 Å². The van der Waals surface area contributed by atoms with Crippen molar-refractivity contribution >= 4 is 11.3 Å². The van der Waals surface area contributed by atoms with Gasteiger partial charge >= 0.3 is 0 Å². The van der Waals surface area contributed by atoms with E-state index in [0.717, 1.165) is 25.0 Å². The molecule has 1 fully saturated rings. The molecule has 1 saturated heterocycles. The van der Waals surface area contributed by atoms with Crippen LogP contribution in [0.1, 0.15) is 28.5 Å². The Morgan fingerprint density at radius 1 is 1.44 bits per heavy atom. The highest BCUT2D eigenvalue weighted by Gasteiger charge is 2.24. The first-order chi connectivity index (χ1) is 8.90. The van der Waals surface area contributed by atoms with Gasteiger partial charge in [-0.05, 0) is 31.9 Å². The van der Waals surface area contributed by atoms with Crippen LogP contribution in [0.2, 0.25) is 0 Å². The predicted octanol–water partition coefficient (Wildman–Crippen LogP) is 2.80. The summed E-state index contributed by atoms with van der Waals surface area (Å²) in [5.74, 6) is 1.11. The molecule has 18 heavy (non-hydrogen) atoms. The van der Waals surface area contributed by atoms with Crippen LogP contribution < -0.4 is 5.32 Å². The lowest BCUT2D eigenvalue weighted by Gasteiger charge is -2.07. The van der Waals surface area contributed by atoms with Crippen LogP contribution in [-0.2, 0) is 19.3 Å². The summed E-state index contributed by atoms with van der Waals surface area (Å²) in [7, 11) is 0. The maximum absolute atomic E-state index is 5.51. The first-order valence-electron chi connectivity index (χ1n) is 6.69. The zero-order valence-corrected chi connectivity index (χ0v) is 11.1. The van der Waals surface area contributed by atoms with Crippen molar-refractivity contribution in [3.63, 3.8) is 0 Å². The SMILES string of the molecule is c1cc2c(o1)CCc1sc(CC3CCCN3)nc1-2. The first-order valence-corrected chi connectivity index (χ1v) is 7.50. The molecule has 3 nitrogen and oxygen atoms in total. The summed E-state index contributed by atoms with van der Waals surface area (Å²) < 4.78 is 5.51. The largest absolute Gasteiger partial charge is 0.469 e. The number of nitrogens with one attached hydrogen (secondary N) is 1. The molecular formula is C14H16N2OS. The molecule has 0 bridgehead atoms. The molecule has 0 saturated carbocycles. The summed E-state index contributed by atoms with van der Waals surface area (Å²) in [6.07, 6.45) is 7.59. The number of aryl methyl sites for hydroxylation is 2. The highest BCUT2D eigenvalue weighted by Crippen LogP contribution is 2.37. The van der Waals surface area contributed by atoms with Gasteiger partial charge in [-0.1, -0.05) is 0 Å².